The molecule has 0 amide bonds. The molecule has 0 unspecified atom stereocenters. The topological polar surface area (TPSA) is 124 Å². The lowest BCUT2D eigenvalue weighted by molar-refractivity contribution is -0.0604. The number of carbonyl (C=O) groups is 3. The van der Waals surface area contributed by atoms with Crippen LogP contribution in [0.5, 0.6) is 0 Å². The Labute approximate surface area is 295 Å². The SMILES string of the molecule is CC1(C)OB(c2ccc3ncn([C@@H]4O[C@H](COC(=O)c5ccccc5)[C@@H](OC(=O)c5ccccc5)[C@H]4OC(=O)c4ccccc4)c3c2)OC1(C)C. The fourth-order valence-electron chi connectivity index (χ4n) is 6.05. The molecule has 0 N–H and O–H groups in total. The second kappa shape index (κ2) is 13.8. The van der Waals surface area contributed by atoms with Gasteiger partial charge in [0.25, 0.3) is 0 Å². The molecule has 2 fully saturated rings. The highest BCUT2D eigenvalue weighted by atomic mass is 16.7. The molecule has 12 heteroatoms. The Bertz CT molecular complexity index is 2020. The summed E-state index contributed by atoms with van der Waals surface area (Å²) >= 11 is 0. The Hall–Kier alpha value is -5.30. The fourth-order valence-corrected chi connectivity index (χ4v) is 6.05. The summed E-state index contributed by atoms with van der Waals surface area (Å²) in [5.74, 6) is -1.91. The second-order valence-electron chi connectivity index (χ2n) is 13.5. The van der Waals surface area contributed by atoms with Crippen molar-refractivity contribution in [1.29, 1.82) is 0 Å². The average molecular weight is 689 g/mol. The minimum absolute atomic E-state index is 0.286. The number of benzene rings is 4. The predicted octanol–water partition coefficient (Wildman–Crippen LogP) is 5.54. The molecule has 0 saturated carbocycles. The highest BCUT2D eigenvalue weighted by molar-refractivity contribution is 6.62. The van der Waals surface area contributed by atoms with Crippen molar-refractivity contribution in [2.45, 2.75) is 63.4 Å². The van der Waals surface area contributed by atoms with Gasteiger partial charge in [0.1, 0.15) is 12.7 Å². The van der Waals surface area contributed by atoms with Gasteiger partial charge in [0.2, 0.25) is 0 Å². The standard InChI is InChI=1S/C39H37BN2O9/c1-38(2)39(3,4)51-40(50-38)28-20-21-29-30(22-28)42(24-41-29)34-33(49-37(45)27-18-12-7-13-19-27)32(48-36(44)26-16-10-6-11-17-26)31(47-34)23-46-35(43)25-14-8-5-9-15-25/h5-22,24,31-34H,23H2,1-4H3/t31-,32-,33-,34-/m1/s1. The smallest absolute Gasteiger partial charge is 0.459 e. The third-order valence-corrected chi connectivity index (χ3v) is 9.58. The van der Waals surface area contributed by atoms with Crippen LogP contribution in [0, 0.1) is 0 Å². The summed E-state index contributed by atoms with van der Waals surface area (Å²) < 4.78 is 38.8. The van der Waals surface area contributed by atoms with Crippen LogP contribution >= 0.6 is 0 Å². The lowest BCUT2D eigenvalue weighted by Crippen LogP contribution is -2.41. The first-order chi connectivity index (χ1) is 24.5. The molecule has 0 spiro atoms. The van der Waals surface area contributed by atoms with Gasteiger partial charge in [-0.15, -0.1) is 0 Å². The summed E-state index contributed by atoms with van der Waals surface area (Å²) in [4.78, 5) is 44.8. The average Bonchev–Trinajstić information content (AvgIpc) is 3.77. The molecule has 4 atom stereocenters. The maximum absolute atomic E-state index is 13.6. The number of hydrogen-bond acceptors (Lipinski definition) is 10. The number of nitrogens with zero attached hydrogens (tertiary/aromatic N) is 2. The van der Waals surface area contributed by atoms with Crippen molar-refractivity contribution in [3.63, 3.8) is 0 Å². The lowest BCUT2D eigenvalue weighted by atomic mass is 9.79. The Balaban J connectivity index is 1.26. The third kappa shape index (κ3) is 6.90. The predicted molar refractivity (Wildman–Crippen MR) is 187 cm³/mol. The Morgan fingerprint density at radius 1 is 0.706 bits per heavy atom. The number of hydrogen-bond donors (Lipinski definition) is 0. The maximum atomic E-state index is 13.6. The van der Waals surface area contributed by atoms with Crippen molar-refractivity contribution in [2.24, 2.45) is 0 Å². The molecule has 2 aliphatic heterocycles. The van der Waals surface area contributed by atoms with Gasteiger partial charge in [0.15, 0.2) is 18.4 Å². The summed E-state index contributed by atoms with van der Waals surface area (Å²) in [7, 11) is -0.649. The number of fused-ring (bicyclic) bond motifs is 1. The van der Waals surface area contributed by atoms with Crippen LogP contribution in [-0.2, 0) is 28.3 Å². The van der Waals surface area contributed by atoms with Gasteiger partial charge in [-0.2, -0.15) is 0 Å². The van der Waals surface area contributed by atoms with Gasteiger partial charge >= 0.3 is 25.0 Å². The quantitative estimate of drug-likeness (QED) is 0.111. The molecule has 0 bridgehead atoms. The van der Waals surface area contributed by atoms with E-state index in [0.29, 0.717) is 22.2 Å². The van der Waals surface area contributed by atoms with E-state index < -0.39 is 60.8 Å². The van der Waals surface area contributed by atoms with E-state index in [9.17, 15) is 14.4 Å². The zero-order valence-electron chi connectivity index (χ0n) is 28.6. The molecule has 51 heavy (non-hydrogen) atoms. The van der Waals surface area contributed by atoms with Gasteiger partial charge in [-0.05, 0) is 81.7 Å². The Kier molecular flexibility index (Phi) is 9.24. The van der Waals surface area contributed by atoms with E-state index in [0.717, 1.165) is 5.46 Å². The first-order valence-corrected chi connectivity index (χ1v) is 16.7. The van der Waals surface area contributed by atoms with Gasteiger partial charge in [0.05, 0.1) is 45.3 Å². The van der Waals surface area contributed by atoms with E-state index in [4.69, 9.17) is 28.3 Å². The van der Waals surface area contributed by atoms with Gasteiger partial charge < -0.3 is 32.8 Å². The lowest BCUT2D eigenvalue weighted by Gasteiger charge is -2.32. The van der Waals surface area contributed by atoms with Gasteiger partial charge in [-0.25, -0.2) is 19.4 Å². The second-order valence-corrected chi connectivity index (χ2v) is 13.5. The van der Waals surface area contributed by atoms with E-state index in [1.165, 1.54) is 0 Å². The molecule has 7 rings (SSSR count). The zero-order valence-corrected chi connectivity index (χ0v) is 28.6. The molecule has 260 valence electrons. The molecule has 5 aromatic rings. The van der Waals surface area contributed by atoms with Crippen molar-refractivity contribution in [3.8, 4) is 0 Å². The van der Waals surface area contributed by atoms with E-state index in [-0.39, 0.29) is 12.2 Å². The van der Waals surface area contributed by atoms with E-state index in [1.54, 1.807) is 102 Å². The van der Waals surface area contributed by atoms with Crippen molar-refractivity contribution < 1.29 is 42.6 Å². The number of imidazole rings is 1. The summed E-state index contributed by atoms with van der Waals surface area (Å²) in [5, 5.41) is 0. The highest BCUT2D eigenvalue weighted by Crippen LogP contribution is 2.39. The van der Waals surface area contributed by atoms with E-state index in [2.05, 4.69) is 4.98 Å². The molecular weight excluding hydrogens is 651 g/mol. The largest absolute Gasteiger partial charge is 0.494 e. The summed E-state index contributed by atoms with van der Waals surface area (Å²) in [6, 6.07) is 31.1. The molecule has 0 aliphatic carbocycles. The van der Waals surface area contributed by atoms with E-state index in [1.807, 2.05) is 45.9 Å². The van der Waals surface area contributed by atoms with Crippen LogP contribution in [0.4, 0.5) is 0 Å². The van der Waals surface area contributed by atoms with Crippen LogP contribution in [0.3, 0.4) is 0 Å². The molecule has 1 aromatic heterocycles. The Morgan fingerprint density at radius 3 is 1.76 bits per heavy atom. The van der Waals surface area contributed by atoms with Crippen LogP contribution in [0.25, 0.3) is 11.0 Å². The minimum Gasteiger partial charge on any atom is -0.459 e. The van der Waals surface area contributed by atoms with Crippen molar-refractivity contribution in [3.05, 3.63) is 132 Å². The third-order valence-electron chi connectivity index (χ3n) is 9.58. The number of esters is 3. The molecule has 2 aliphatic rings. The molecule has 4 aromatic carbocycles. The monoisotopic (exact) mass is 688 g/mol. The molecule has 11 nitrogen and oxygen atoms in total. The van der Waals surface area contributed by atoms with Crippen LogP contribution in [0.2, 0.25) is 0 Å². The van der Waals surface area contributed by atoms with Gasteiger partial charge in [-0.1, -0.05) is 60.7 Å². The maximum Gasteiger partial charge on any atom is 0.494 e. The Morgan fingerprint density at radius 2 is 1.22 bits per heavy atom. The zero-order chi connectivity index (χ0) is 35.8. The summed E-state index contributed by atoms with van der Waals surface area (Å²) in [6.45, 7) is 7.62. The molecule has 3 heterocycles. The number of ether oxygens (including phenoxy) is 4. The van der Waals surface area contributed by atoms with Gasteiger partial charge in [0, 0.05) is 0 Å². The summed E-state index contributed by atoms with van der Waals surface area (Å²) in [6.07, 6.45) is -2.90. The van der Waals surface area contributed by atoms with Crippen LogP contribution < -0.4 is 5.46 Å². The normalized spacial score (nSPS) is 22.1. The summed E-state index contributed by atoms with van der Waals surface area (Å²) in [5.41, 5.74) is 1.81. The van der Waals surface area contributed by atoms with E-state index >= 15 is 0 Å². The molecule has 2 saturated heterocycles. The van der Waals surface area contributed by atoms with Crippen molar-refractivity contribution >= 4 is 41.5 Å². The van der Waals surface area contributed by atoms with Gasteiger partial charge in [-0.3, -0.25) is 0 Å². The van der Waals surface area contributed by atoms with Crippen molar-refractivity contribution in [2.75, 3.05) is 6.61 Å². The molecular formula is C39H37BN2O9. The van der Waals surface area contributed by atoms with Crippen LogP contribution in [0.1, 0.15) is 65.0 Å². The number of rotatable bonds is 9. The van der Waals surface area contributed by atoms with Crippen molar-refractivity contribution in [1.82, 2.24) is 9.55 Å². The van der Waals surface area contributed by atoms with Crippen LogP contribution in [-0.4, -0.2) is 70.7 Å². The minimum atomic E-state index is -1.19. The highest BCUT2D eigenvalue weighted by Gasteiger charge is 2.53. The number of aromatic nitrogens is 2. The number of carbonyl (C=O) groups excluding carboxylic acids is 3. The van der Waals surface area contributed by atoms with Crippen LogP contribution in [0.15, 0.2) is 116 Å². The first kappa shape index (κ1) is 34.2. The molecule has 0 radical (unpaired) electrons. The first-order valence-electron chi connectivity index (χ1n) is 16.7. The fraction of sp³-hybridized carbons (Fsp3) is 0.282.